The quantitative estimate of drug-likeness (QED) is 0.310. The molecule has 114 valence electrons. The molecule has 0 unspecified atom stereocenters. The molecule has 0 fully saturated rings. The molecule has 1 heterocycles. The zero-order chi connectivity index (χ0) is 15.5. The monoisotopic (exact) mass is 365 g/mol. The third-order valence-electron chi connectivity index (χ3n) is 3.05. The Morgan fingerprint density at radius 1 is 1.41 bits per heavy atom. The fraction of sp³-hybridized carbons (Fsp3) is 0.357. The maximum Gasteiger partial charge on any atom is 1.00 e. The molecule has 0 aromatic heterocycles. The number of allylic oxidation sites excluding steroid dienone is 1. The van der Waals surface area contributed by atoms with Crippen LogP contribution >= 0.6 is 24.0 Å². The third kappa shape index (κ3) is 5.63. The Labute approximate surface area is 163 Å². The fourth-order valence-electron chi connectivity index (χ4n) is 2.03. The van der Waals surface area contributed by atoms with E-state index in [2.05, 4.69) is 0 Å². The van der Waals surface area contributed by atoms with E-state index in [0.29, 0.717) is 13.0 Å². The summed E-state index contributed by atoms with van der Waals surface area (Å²) in [4.78, 5) is 4.01. The molecule has 2 rings (SSSR count). The first kappa shape index (κ1) is 20.2. The summed E-state index contributed by atoms with van der Waals surface area (Å²) < 4.78 is 32.2. The van der Waals surface area contributed by atoms with Crippen molar-refractivity contribution in [1.29, 1.82) is 0 Å². The predicted molar refractivity (Wildman–Crippen MR) is 89.8 cm³/mol. The maximum atomic E-state index is 10.7. The molecule has 0 spiro atoms. The molecule has 0 amide bonds. The van der Waals surface area contributed by atoms with Crippen molar-refractivity contribution < 1.29 is 42.5 Å². The number of thiocarbonyl (C=S) groups is 1. The van der Waals surface area contributed by atoms with Crippen molar-refractivity contribution in [2.45, 2.75) is 24.7 Å². The second-order valence-electron chi connectivity index (χ2n) is 4.64. The number of rotatable bonds is 6. The van der Waals surface area contributed by atoms with E-state index in [1.165, 1.54) is 0 Å². The maximum absolute atomic E-state index is 10.7. The SMILES string of the molecule is CCC(=S)/C=C1/Sc2ccccc2N1CCCS(=O)(=O)[O-].[Na+]. The van der Waals surface area contributed by atoms with Crippen LogP contribution in [0, 0.1) is 0 Å². The van der Waals surface area contributed by atoms with Gasteiger partial charge in [0.2, 0.25) is 0 Å². The summed E-state index contributed by atoms with van der Waals surface area (Å²) in [5.41, 5.74) is 1.04. The van der Waals surface area contributed by atoms with E-state index in [-0.39, 0.29) is 35.3 Å². The van der Waals surface area contributed by atoms with Crippen molar-refractivity contribution in [3.63, 3.8) is 0 Å². The fourth-order valence-corrected chi connectivity index (χ4v) is 3.85. The molecule has 0 N–H and O–H groups in total. The first-order valence-electron chi connectivity index (χ1n) is 6.63. The van der Waals surface area contributed by atoms with Crippen LogP contribution in [0.2, 0.25) is 0 Å². The van der Waals surface area contributed by atoms with Gasteiger partial charge in [-0.1, -0.05) is 43.0 Å². The van der Waals surface area contributed by atoms with Gasteiger partial charge in [0.05, 0.1) is 20.8 Å². The normalized spacial score (nSPS) is 15.5. The van der Waals surface area contributed by atoms with E-state index in [4.69, 9.17) is 12.2 Å². The first-order chi connectivity index (χ1) is 9.90. The average molecular weight is 365 g/mol. The smallest absolute Gasteiger partial charge is 0.748 e. The van der Waals surface area contributed by atoms with Gasteiger partial charge in [0.25, 0.3) is 0 Å². The molecule has 0 saturated heterocycles. The van der Waals surface area contributed by atoms with Crippen molar-refractivity contribution in [2.75, 3.05) is 17.2 Å². The largest absolute Gasteiger partial charge is 1.00 e. The van der Waals surface area contributed by atoms with Gasteiger partial charge in [-0.2, -0.15) is 0 Å². The summed E-state index contributed by atoms with van der Waals surface area (Å²) >= 11 is 6.88. The molecule has 22 heavy (non-hydrogen) atoms. The van der Waals surface area contributed by atoms with Gasteiger partial charge in [-0.3, -0.25) is 0 Å². The number of anilines is 1. The van der Waals surface area contributed by atoms with Crippen molar-refractivity contribution in [3.05, 3.63) is 35.4 Å². The topological polar surface area (TPSA) is 60.4 Å². The van der Waals surface area contributed by atoms with Crippen LogP contribution in [0.5, 0.6) is 0 Å². The summed E-state index contributed by atoms with van der Waals surface area (Å²) in [5, 5.41) is 0.992. The average Bonchev–Trinajstić information content (AvgIpc) is 2.75. The van der Waals surface area contributed by atoms with Crippen molar-refractivity contribution in [2.24, 2.45) is 0 Å². The van der Waals surface area contributed by atoms with E-state index in [0.717, 1.165) is 26.9 Å². The molecule has 8 heteroatoms. The second-order valence-corrected chi connectivity index (χ2v) is 7.75. The molecule has 0 bridgehead atoms. The minimum atomic E-state index is -4.17. The number of hydrogen-bond acceptors (Lipinski definition) is 6. The number of benzene rings is 1. The molecular weight excluding hydrogens is 349 g/mol. The van der Waals surface area contributed by atoms with Crippen molar-refractivity contribution in [3.8, 4) is 0 Å². The van der Waals surface area contributed by atoms with Crippen LogP contribution in [-0.4, -0.2) is 30.1 Å². The predicted octanol–water partition coefficient (Wildman–Crippen LogP) is 0.159. The number of para-hydroxylation sites is 1. The van der Waals surface area contributed by atoms with Gasteiger partial charge in [-0.15, -0.1) is 0 Å². The van der Waals surface area contributed by atoms with Gasteiger partial charge in [-0.25, -0.2) is 8.42 Å². The Bertz CT molecular complexity index is 674. The van der Waals surface area contributed by atoms with Crippen molar-refractivity contribution >= 4 is 44.6 Å². The minimum absolute atomic E-state index is 0. The molecule has 1 aliphatic heterocycles. The van der Waals surface area contributed by atoms with Crippen LogP contribution in [0.4, 0.5) is 5.69 Å². The zero-order valence-corrected chi connectivity index (χ0v) is 17.1. The molecule has 4 nitrogen and oxygen atoms in total. The van der Waals surface area contributed by atoms with Gasteiger partial charge in [0.15, 0.2) is 0 Å². The molecule has 1 aromatic rings. The van der Waals surface area contributed by atoms with E-state index >= 15 is 0 Å². The molecule has 0 saturated carbocycles. The van der Waals surface area contributed by atoms with Crippen LogP contribution in [0.25, 0.3) is 0 Å². The van der Waals surface area contributed by atoms with E-state index in [1.807, 2.05) is 42.2 Å². The minimum Gasteiger partial charge on any atom is -0.748 e. The van der Waals surface area contributed by atoms with E-state index in [9.17, 15) is 13.0 Å². The molecule has 1 aliphatic rings. The third-order valence-corrected chi connectivity index (χ3v) is 5.35. The van der Waals surface area contributed by atoms with Crippen LogP contribution < -0.4 is 34.5 Å². The van der Waals surface area contributed by atoms with Gasteiger partial charge < -0.3 is 9.45 Å². The summed E-state index contributed by atoms with van der Waals surface area (Å²) in [6, 6.07) is 7.92. The van der Waals surface area contributed by atoms with Gasteiger partial charge in [-0.05, 0) is 31.1 Å². The Hall–Kier alpha value is 0.110. The summed E-state index contributed by atoms with van der Waals surface area (Å²) in [7, 11) is -4.17. The number of thioether (sulfide) groups is 1. The number of hydrogen-bond donors (Lipinski definition) is 0. The van der Waals surface area contributed by atoms with Gasteiger partial charge in [0.1, 0.15) is 0 Å². The Morgan fingerprint density at radius 2 is 2.09 bits per heavy atom. The van der Waals surface area contributed by atoms with Crippen molar-refractivity contribution in [1.82, 2.24) is 0 Å². The van der Waals surface area contributed by atoms with Crippen LogP contribution in [0.15, 0.2) is 40.3 Å². The summed E-state index contributed by atoms with van der Waals surface area (Å²) in [5.74, 6) is -0.345. The summed E-state index contributed by atoms with van der Waals surface area (Å²) in [6.45, 7) is 2.49. The van der Waals surface area contributed by atoms with Crippen LogP contribution in [0.3, 0.4) is 0 Å². The molecular formula is C14H16NNaO3S3. The molecule has 1 aromatic carbocycles. The van der Waals surface area contributed by atoms with Crippen LogP contribution in [0.1, 0.15) is 19.8 Å². The molecule has 0 aliphatic carbocycles. The first-order valence-corrected chi connectivity index (χ1v) is 9.43. The Kier molecular flexibility index (Phi) is 8.08. The zero-order valence-electron chi connectivity index (χ0n) is 12.6. The Balaban J connectivity index is 0.00000242. The standard InChI is InChI=1S/C14H17NO3S3.Na/c1-2-11(19)10-14-15(8-5-9-21(16,17)18)12-6-3-4-7-13(12)20-14;/h3-4,6-7,10H,2,5,8-9H2,1H3,(H,16,17,18);/q;+1/p-1/b14-10+;. The van der Waals surface area contributed by atoms with Gasteiger partial charge >= 0.3 is 29.6 Å². The molecule has 0 radical (unpaired) electrons. The number of nitrogens with zero attached hydrogens (tertiary/aromatic N) is 1. The molecule has 0 atom stereocenters. The van der Waals surface area contributed by atoms with E-state index < -0.39 is 10.1 Å². The van der Waals surface area contributed by atoms with Crippen LogP contribution in [-0.2, 0) is 10.1 Å². The second kappa shape index (κ2) is 8.82. The summed E-state index contributed by atoms with van der Waals surface area (Å²) in [6.07, 6.45) is 3.04. The van der Waals surface area contributed by atoms with Gasteiger partial charge in [0, 0.05) is 22.1 Å². The number of fused-ring (bicyclic) bond motifs is 1. The Morgan fingerprint density at radius 3 is 2.73 bits per heavy atom. The van der Waals surface area contributed by atoms with E-state index in [1.54, 1.807) is 11.8 Å².